The number of carboxylic acids is 1. The lowest BCUT2D eigenvalue weighted by atomic mass is 9.77. The van der Waals surface area contributed by atoms with Crippen LogP contribution in [0.1, 0.15) is 139 Å². The third-order valence-electron chi connectivity index (χ3n) is 12.1. The zero-order chi connectivity index (χ0) is 42.4. The maximum atomic E-state index is 14.1. The molecular formula is C45H68N4O8S. The molecule has 2 fully saturated rings. The fourth-order valence-corrected chi connectivity index (χ4v) is 8.96. The van der Waals surface area contributed by atoms with E-state index in [-0.39, 0.29) is 71.8 Å². The molecule has 2 aliphatic heterocycles. The fraction of sp³-hybridized carbons (Fsp3) is 0.689. The molecule has 2 aromatic rings. The minimum absolute atomic E-state index is 0.0225. The summed E-state index contributed by atoms with van der Waals surface area (Å²) in [5, 5.41) is 18.2. The topological polar surface area (TPSA) is 164 Å². The van der Waals surface area contributed by atoms with Crippen LogP contribution in [0.3, 0.4) is 0 Å². The Hall–Kier alpha value is -3.52. The number of piperidine rings is 1. The maximum Gasteiger partial charge on any atom is 0.328 e. The van der Waals surface area contributed by atoms with Crippen LogP contribution in [0.15, 0.2) is 29.6 Å². The van der Waals surface area contributed by atoms with Crippen molar-refractivity contribution in [2.75, 3.05) is 26.7 Å². The van der Waals surface area contributed by atoms with Gasteiger partial charge in [0.05, 0.1) is 12.0 Å². The molecule has 0 unspecified atom stereocenters. The molecule has 1 amide bonds. The van der Waals surface area contributed by atoms with Crippen molar-refractivity contribution >= 4 is 40.7 Å². The lowest BCUT2D eigenvalue weighted by Gasteiger charge is -2.33. The second-order valence-electron chi connectivity index (χ2n) is 17.1. The molecule has 2 aliphatic rings. The number of aliphatic carboxylic acids is 1. The van der Waals surface area contributed by atoms with E-state index in [4.69, 9.17) is 14.5 Å². The number of Topliss-reactive ketones (excluding diaryl/α,β-unsaturated/α-hetero) is 2. The Morgan fingerprint density at radius 3 is 2.36 bits per heavy atom. The van der Waals surface area contributed by atoms with Crippen LogP contribution in [0.2, 0.25) is 0 Å². The monoisotopic (exact) mass is 824 g/mol. The Kier molecular flexibility index (Phi) is 19.0. The van der Waals surface area contributed by atoms with Crippen molar-refractivity contribution in [1.82, 2.24) is 20.5 Å². The first-order valence-corrected chi connectivity index (χ1v) is 22.5. The predicted octanol–water partition coefficient (Wildman–Crippen LogP) is 7.45. The standard InChI is InChI=1S/C45H68N4O8S/c1-8-21-56-41(25-32(28(3)4)24-39(50)35(29(5)9-2)26-40(51)38-14-10-11-20-49(38)7)43-48-37(27-58-43)42(52)47-33(22-30(6)44(53)54)23-31-15-17-34(18-16-31)57-45(55)36-13-12-19-46-36/h15-18,27-30,32-33,35-36,38,41,46H,8-14,19-26H2,1-7H3,(H,47,52)(H,53,54)/t29-,30-,32+,33+,35-,36+,38+,41+/m0/s1. The maximum absolute atomic E-state index is 14.1. The minimum atomic E-state index is -0.953. The van der Waals surface area contributed by atoms with E-state index in [0.717, 1.165) is 63.6 Å². The van der Waals surface area contributed by atoms with Gasteiger partial charge in [-0.25, -0.2) is 9.78 Å². The van der Waals surface area contributed by atoms with Crippen molar-refractivity contribution in [2.24, 2.45) is 29.6 Å². The molecule has 12 nitrogen and oxygen atoms in total. The number of rotatable bonds is 24. The average molecular weight is 825 g/mol. The van der Waals surface area contributed by atoms with Gasteiger partial charge in [0.2, 0.25) is 0 Å². The molecule has 1 aromatic heterocycles. The Labute approximate surface area is 349 Å². The van der Waals surface area contributed by atoms with E-state index >= 15 is 0 Å². The van der Waals surface area contributed by atoms with Crippen LogP contribution in [0.4, 0.5) is 0 Å². The molecule has 0 saturated carbocycles. The minimum Gasteiger partial charge on any atom is -0.481 e. The smallest absolute Gasteiger partial charge is 0.328 e. The van der Waals surface area contributed by atoms with Crippen LogP contribution in [-0.4, -0.2) is 89.3 Å². The largest absolute Gasteiger partial charge is 0.481 e. The highest BCUT2D eigenvalue weighted by Crippen LogP contribution is 2.35. The first kappa shape index (κ1) is 47.2. The van der Waals surface area contributed by atoms with Gasteiger partial charge in [-0.2, -0.15) is 0 Å². The third kappa shape index (κ3) is 14.1. The fourth-order valence-electron chi connectivity index (χ4n) is 8.10. The number of carbonyl (C=O) groups is 5. The number of likely N-dealkylation sites (tertiary alicyclic amines) is 1. The number of ether oxygens (including phenoxy) is 2. The number of ketones is 2. The number of esters is 1. The number of hydrogen-bond donors (Lipinski definition) is 3. The lowest BCUT2D eigenvalue weighted by Crippen LogP contribution is -2.43. The van der Waals surface area contributed by atoms with E-state index in [2.05, 4.69) is 43.2 Å². The lowest BCUT2D eigenvalue weighted by molar-refractivity contribution is -0.141. The molecule has 58 heavy (non-hydrogen) atoms. The number of carboxylic acid groups (broad SMARTS) is 1. The number of nitrogens with zero attached hydrogens (tertiary/aromatic N) is 2. The van der Waals surface area contributed by atoms with Gasteiger partial charge in [-0.05, 0) is 107 Å². The molecule has 322 valence electrons. The molecule has 3 N–H and O–H groups in total. The van der Waals surface area contributed by atoms with E-state index in [1.807, 2.05) is 26.1 Å². The molecule has 2 saturated heterocycles. The second-order valence-corrected chi connectivity index (χ2v) is 17.9. The summed E-state index contributed by atoms with van der Waals surface area (Å²) in [5.74, 6) is -1.74. The second kappa shape index (κ2) is 23.3. The molecule has 0 spiro atoms. The number of benzene rings is 1. The van der Waals surface area contributed by atoms with Crippen molar-refractivity contribution in [1.29, 1.82) is 0 Å². The van der Waals surface area contributed by atoms with Gasteiger partial charge in [0, 0.05) is 36.8 Å². The van der Waals surface area contributed by atoms with Gasteiger partial charge in [-0.15, -0.1) is 11.3 Å². The Morgan fingerprint density at radius 2 is 1.74 bits per heavy atom. The summed E-state index contributed by atoms with van der Waals surface area (Å²) in [7, 11) is 2.01. The zero-order valence-electron chi connectivity index (χ0n) is 35.8. The number of thiazole rings is 1. The number of likely N-dealkylation sites (N-methyl/N-ethyl adjacent to an activating group) is 1. The molecule has 0 aliphatic carbocycles. The van der Waals surface area contributed by atoms with Crippen molar-refractivity contribution < 1.29 is 38.6 Å². The highest BCUT2D eigenvalue weighted by Gasteiger charge is 2.35. The highest BCUT2D eigenvalue weighted by molar-refractivity contribution is 7.09. The zero-order valence-corrected chi connectivity index (χ0v) is 36.6. The first-order valence-electron chi connectivity index (χ1n) is 21.6. The number of aromatic nitrogens is 1. The van der Waals surface area contributed by atoms with Gasteiger partial charge >= 0.3 is 11.9 Å². The average Bonchev–Trinajstić information content (AvgIpc) is 3.92. The van der Waals surface area contributed by atoms with Crippen LogP contribution in [-0.2, 0) is 30.3 Å². The summed E-state index contributed by atoms with van der Waals surface area (Å²) in [6.07, 6.45) is 7.58. The first-order chi connectivity index (χ1) is 27.7. The van der Waals surface area contributed by atoms with Gasteiger partial charge in [0.25, 0.3) is 5.91 Å². The van der Waals surface area contributed by atoms with Gasteiger partial charge < -0.3 is 25.2 Å². The summed E-state index contributed by atoms with van der Waals surface area (Å²) >= 11 is 1.34. The van der Waals surface area contributed by atoms with Crippen LogP contribution in [0.25, 0.3) is 0 Å². The SMILES string of the molecule is CCCO[C@H](C[C@@H](CC(=O)[C@@H](CC(=O)[C@H]1CCCCN1C)[C@@H](C)CC)C(C)C)c1nc(C(=O)N[C@@H](Cc2ccc(OC(=O)[C@H]3CCCN3)cc2)C[C@H](C)C(=O)O)cs1. The van der Waals surface area contributed by atoms with Gasteiger partial charge in [0.1, 0.15) is 34.4 Å². The van der Waals surface area contributed by atoms with E-state index in [1.165, 1.54) is 11.3 Å². The van der Waals surface area contributed by atoms with Crippen LogP contribution >= 0.6 is 11.3 Å². The molecule has 1 aromatic carbocycles. The summed E-state index contributed by atoms with van der Waals surface area (Å²) in [6.45, 7) is 14.2. The molecule has 3 heterocycles. The van der Waals surface area contributed by atoms with E-state index in [9.17, 15) is 29.1 Å². The van der Waals surface area contributed by atoms with E-state index in [0.29, 0.717) is 36.6 Å². The molecule has 0 bridgehead atoms. The molecule has 4 rings (SSSR count). The molecule has 0 radical (unpaired) electrons. The Bertz CT molecular complexity index is 1640. The molecule has 8 atom stereocenters. The molecule has 13 heteroatoms. The summed E-state index contributed by atoms with van der Waals surface area (Å²) in [5.41, 5.74) is 1.07. The van der Waals surface area contributed by atoms with Gasteiger partial charge in [-0.1, -0.05) is 66.5 Å². The number of nitrogens with one attached hydrogen (secondary N) is 2. The van der Waals surface area contributed by atoms with Crippen LogP contribution < -0.4 is 15.4 Å². The van der Waals surface area contributed by atoms with E-state index in [1.54, 1.807) is 24.4 Å². The van der Waals surface area contributed by atoms with Gasteiger partial charge in [-0.3, -0.25) is 24.1 Å². The van der Waals surface area contributed by atoms with Crippen molar-refractivity contribution in [2.45, 2.75) is 143 Å². The van der Waals surface area contributed by atoms with Crippen molar-refractivity contribution in [3.05, 3.63) is 45.9 Å². The Balaban J connectivity index is 1.45. The number of amides is 1. The number of carbonyl (C=O) groups excluding carboxylic acids is 4. The van der Waals surface area contributed by atoms with Crippen LogP contribution in [0.5, 0.6) is 5.75 Å². The number of hydrogen-bond acceptors (Lipinski definition) is 11. The normalized spacial score (nSPS) is 20.5. The van der Waals surface area contributed by atoms with Crippen molar-refractivity contribution in [3.8, 4) is 5.75 Å². The predicted molar refractivity (Wildman–Crippen MR) is 226 cm³/mol. The van der Waals surface area contributed by atoms with Crippen LogP contribution in [0, 0.1) is 29.6 Å². The van der Waals surface area contributed by atoms with Crippen molar-refractivity contribution in [3.63, 3.8) is 0 Å². The summed E-state index contributed by atoms with van der Waals surface area (Å²) in [6, 6.07) is 6.14. The third-order valence-corrected chi connectivity index (χ3v) is 13.1. The Morgan fingerprint density at radius 1 is 1.00 bits per heavy atom. The highest BCUT2D eigenvalue weighted by atomic mass is 32.1. The summed E-state index contributed by atoms with van der Waals surface area (Å²) < 4.78 is 11.9. The van der Waals surface area contributed by atoms with Gasteiger partial charge in [0.15, 0.2) is 5.78 Å². The van der Waals surface area contributed by atoms with E-state index < -0.39 is 29.9 Å². The quantitative estimate of drug-likeness (QED) is 0.0712. The molecular weight excluding hydrogens is 757 g/mol. The summed E-state index contributed by atoms with van der Waals surface area (Å²) in [4.78, 5) is 72.6.